The first-order chi connectivity index (χ1) is 19.9. The van der Waals surface area contributed by atoms with E-state index < -0.39 is 11.7 Å². The molecule has 2 heterocycles. The van der Waals surface area contributed by atoms with Gasteiger partial charge < -0.3 is 14.8 Å². The zero-order valence-corrected chi connectivity index (χ0v) is 25.5. The van der Waals surface area contributed by atoms with Crippen LogP contribution in [-0.2, 0) is 14.9 Å². The molecule has 1 unspecified atom stereocenters. The van der Waals surface area contributed by atoms with Gasteiger partial charge in [0, 0.05) is 35.5 Å². The summed E-state index contributed by atoms with van der Waals surface area (Å²) < 4.78 is 14.0. The molecule has 1 fully saturated rings. The highest BCUT2D eigenvalue weighted by Crippen LogP contribution is 2.31. The second-order valence-corrected chi connectivity index (χ2v) is 12.3. The van der Waals surface area contributed by atoms with Crippen molar-refractivity contribution in [1.82, 2.24) is 14.7 Å². The summed E-state index contributed by atoms with van der Waals surface area (Å²) in [4.78, 5) is 29.3. The Hall–Kier alpha value is -4.01. The van der Waals surface area contributed by atoms with E-state index in [0.29, 0.717) is 22.5 Å². The van der Waals surface area contributed by atoms with Crippen LogP contribution < -0.4 is 10.1 Å². The van der Waals surface area contributed by atoms with Crippen LogP contribution in [0.25, 0.3) is 16.5 Å². The quantitative estimate of drug-likeness (QED) is 0.208. The van der Waals surface area contributed by atoms with Crippen molar-refractivity contribution in [1.29, 1.82) is 0 Å². The molecule has 0 bridgehead atoms. The first-order valence-electron chi connectivity index (χ1n) is 14.5. The molecule has 1 amide bonds. The van der Waals surface area contributed by atoms with Crippen molar-refractivity contribution in [2.45, 2.75) is 72.3 Å². The van der Waals surface area contributed by atoms with E-state index in [1.807, 2.05) is 68.4 Å². The molecule has 4 aromatic rings. The maximum absolute atomic E-state index is 13.6. The fourth-order valence-electron chi connectivity index (χ4n) is 5.36. The first kappa shape index (κ1) is 29.5. The second kappa shape index (κ2) is 11.7. The molecule has 0 spiro atoms. The number of morpholine rings is 1. The van der Waals surface area contributed by atoms with E-state index in [9.17, 15) is 9.59 Å². The zero-order valence-electron chi connectivity index (χ0n) is 25.5. The van der Waals surface area contributed by atoms with Crippen LogP contribution in [-0.4, -0.2) is 57.9 Å². The van der Waals surface area contributed by atoms with Crippen LogP contribution in [0.5, 0.6) is 5.75 Å². The molecule has 220 valence electrons. The maximum Gasteiger partial charge on any atom is 0.297 e. The number of hydrogen-bond donors (Lipinski definition) is 1. The van der Waals surface area contributed by atoms with Gasteiger partial charge in [0.1, 0.15) is 17.8 Å². The minimum Gasteiger partial charge on any atom is -0.475 e. The number of amides is 1. The number of carbonyl (C=O) groups excluding carboxylic acids is 2. The lowest BCUT2D eigenvalue weighted by Gasteiger charge is -2.38. The van der Waals surface area contributed by atoms with Crippen LogP contribution in [0, 0.1) is 6.92 Å². The molecular formula is C34H40N4O4. The van der Waals surface area contributed by atoms with E-state index in [2.05, 4.69) is 44.8 Å². The molecule has 1 aliphatic heterocycles. The number of Topliss-reactive ketones (excluding diaryl/α,β-unsaturated/α-hetero) is 1. The van der Waals surface area contributed by atoms with Crippen molar-refractivity contribution in [3.63, 3.8) is 0 Å². The number of carbonyl (C=O) groups is 2. The summed E-state index contributed by atoms with van der Waals surface area (Å²) in [6.45, 7) is 15.9. The van der Waals surface area contributed by atoms with Gasteiger partial charge in [0.25, 0.3) is 11.7 Å². The summed E-state index contributed by atoms with van der Waals surface area (Å²) in [5.74, 6) is -0.258. The van der Waals surface area contributed by atoms with Gasteiger partial charge in [-0.05, 0) is 57.3 Å². The van der Waals surface area contributed by atoms with Crippen LogP contribution in [0.1, 0.15) is 63.2 Å². The van der Waals surface area contributed by atoms with E-state index in [4.69, 9.17) is 14.6 Å². The molecule has 0 aliphatic carbocycles. The Morgan fingerprint density at radius 1 is 0.976 bits per heavy atom. The fraction of sp³-hybridized carbons (Fsp3) is 0.382. The van der Waals surface area contributed by atoms with E-state index in [-0.39, 0.29) is 23.9 Å². The summed E-state index contributed by atoms with van der Waals surface area (Å²) in [7, 11) is 0. The first-order valence-corrected chi connectivity index (χ1v) is 14.5. The number of benzene rings is 3. The third kappa shape index (κ3) is 6.25. The summed E-state index contributed by atoms with van der Waals surface area (Å²) >= 11 is 0. The normalized spacial score (nSPS) is 18.5. The van der Waals surface area contributed by atoms with Gasteiger partial charge in [-0.3, -0.25) is 14.5 Å². The molecule has 3 aromatic carbocycles. The topological polar surface area (TPSA) is 85.7 Å². The van der Waals surface area contributed by atoms with E-state index in [0.717, 1.165) is 35.4 Å². The number of nitrogens with one attached hydrogen (secondary N) is 1. The SMILES string of the molecule is Cc1ccc(-n2nc(C(C)(C)C)cc2NC(=O)C(=O)c2ccc(OC(C)N3C[C@@H](C)O[C@@H](C)C3)c3ccccc23)cc1. The molecule has 0 saturated carbocycles. The Morgan fingerprint density at radius 2 is 1.62 bits per heavy atom. The van der Waals surface area contributed by atoms with Gasteiger partial charge in [0.05, 0.1) is 23.6 Å². The van der Waals surface area contributed by atoms with Crippen molar-refractivity contribution in [3.8, 4) is 11.4 Å². The number of ketones is 1. The van der Waals surface area contributed by atoms with Gasteiger partial charge in [-0.15, -0.1) is 0 Å². The predicted octanol–water partition coefficient (Wildman–Crippen LogP) is 6.29. The standard InChI is InChI=1S/C34H40N4O4/c1-21-12-14-25(15-13-21)38-31(18-30(36-38)34(5,6)7)35-33(40)32(39)28-16-17-29(27-11-9-8-10-26(27)28)42-24(4)37-19-22(2)41-23(3)20-37/h8-18,22-24H,19-20H2,1-7H3,(H,35,40)/t22-,23+,24?. The Bertz CT molecular complexity index is 1590. The monoisotopic (exact) mass is 568 g/mol. The Kier molecular flexibility index (Phi) is 8.21. The lowest BCUT2D eigenvalue weighted by atomic mass is 9.92. The number of nitrogens with zero attached hydrogens (tertiary/aromatic N) is 3. The van der Waals surface area contributed by atoms with Gasteiger partial charge in [-0.25, -0.2) is 4.68 Å². The Balaban J connectivity index is 1.42. The third-order valence-corrected chi connectivity index (χ3v) is 7.59. The average Bonchev–Trinajstić information content (AvgIpc) is 3.37. The summed E-state index contributed by atoms with van der Waals surface area (Å²) in [6, 6.07) is 20.7. The Labute approximate surface area is 247 Å². The molecule has 1 aliphatic rings. The summed E-state index contributed by atoms with van der Waals surface area (Å²) in [5.41, 5.74) is 2.78. The summed E-state index contributed by atoms with van der Waals surface area (Å²) in [5, 5.41) is 9.04. The smallest absolute Gasteiger partial charge is 0.297 e. The molecule has 3 atom stereocenters. The molecule has 1 aromatic heterocycles. The molecule has 0 radical (unpaired) electrons. The lowest BCUT2D eigenvalue weighted by molar-refractivity contribution is -0.112. The number of fused-ring (bicyclic) bond motifs is 1. The minimum atomic E-state index is -0.729. The van der Waals surface area contributed by atoms with Crippen LogP contribution in [0.4, 0.5) is 5.82 Å². The van der Waals surface area contributed by atoms with Crippen molar-refractivity contribution in [2.24, 2.45) is 0 Å². The highest BCUT2D eigenvalue weighted by atomic mass is 16.5. The van der Waals surface area contributed by atoms with Gasteiger partial charge in [0.15, 0.2) is 0 Å². The second-order valence-electron chi connectivity index (χ2n) is 12.3. The average molecular weight is 569 g/mol. The summed E-state index contributed by atoms with van der Waals surface area (Å²) in [6.07, 6.45) is 0.0554. The van der Waals surface area contributed by atoms with Gasteiger partial charge in [-0.2, -0.15) is 5.10 Å². The fourth-order valence-corrected chi connectivity index (χ4v) is 5.36. The van der Waals surface area contributed by atoms with Crippen LogP contribution in [0.3, 0.4) is 0 Å². The maximum atomic E-state index is 13.6. The van der Waals surface area contributed by atoms with Crippen molar-refractivity contribution >= 4 is 28.3 Å². The third-order valence-electron chi connectivity index (χ3n) is 7.59. The Morgan fingerprint density at radius 3 is 2.26 bits per heavy atom. The zero-order chi connectivity index (χ0) is 30.2. The van der Waals surface area contributed by atoms with Crippen LogP contribution in [0.2, 0.25) is 0 Å². The van der Waals surface area contributed by atoms with Crippen LogP contribution >= 0.6 is 0 Å². The highest BCUT2D eigenvalue weighted by Gasteiger charge is 2.28. The number of aryl methyl sites for hydroxylation is 1. The van der Waals surface area contributed by atoms with Gasteiger partial charge >= 0.3 is 0 Å². The number of ether oxygens (including phenoxy) is 2. The predicted molar refractivity (Wildman–Crippen MR) is 166 cm³/mol. The minimum absolute atomic E-state index is 0.122. The molecule has 5 rings (SSSR count). The molecular weight excluding hydrogens is 528 g/mol. The lowest BCUT2D eigenvalue weighted by Crippen LogP contribution is -2.50. The van der Waals surface area contributed by atoms with Crippen molar-refractivity contribution in [2.75, 3.05) is 18.4 Å². The molecule has 8 heteroatoms. The molecule has 1 saturated heterocycles. The molecule has 8 nitrogen and oxygen atoms in total. The molecule has 42 heavy (non-hydrogen) atoms. The van der Waals surface area contributed by atoms with Crippen LogP contribution in [0.15, 0.2) is 66.7 Å². The van der Waals surface area contributed by atoms with Gasteiger partial charge in [0.2, 0.25) is 0 Å². The largest absolute Gasteiger partial charge is 0.475 e. The number of hydrogen-bond acceptors (Lipinski definition) is 6. The van der Waals surface area contributed by atoms with Gasteiger partial charge in [-0.1, -0.05) is 62.7 Å². The van der Waals surface area contributed by atoms with Crippen molar-refractivity contribution in [3.05, 3.63) is 83.6 Å². The van der Waals surface area contributed by atoms with Crippen molar-refractivity contribution < 1.29 is 19.1 Å². The number of aromatic nitrogens is 2. The van der Waals surface area contributed by atoms with E-state index in [1.165, 1.54) is 0 Å². The van der Waals surface area contributed by atoms with E-state index in [1.54, 1.807) is 16.8 Å². The highest BCUT2D eigenvalue weighted by molar-refractivity contribution is 6.48. The number of rotatable bonds is 7. The van der Waals surface area contributed by atoms with E-state index >= 15 is 0 Å². The molecule has 1 N–H and O–H groups in total. The number of anilines is 1.